The third-order valence-electron chi connectivity index (χ3n) is 3.78. The maximum absolute atomic E-state index is 10.3. The number of benzene rings is 2. The van der Waals surface area contributed by atoms with E-state index in [-0.39, 0.29) is 30.6 Å². The Morgan fingerprint density at radius 3 is 2.58 bits per heavy atom. The van der Waals surface area contributed by atoms with Crippen molar-refractivity contribution in [3.8, 4) is 5.75 Å². The number of para-hydroxylation sites is 2. The van der Waals surface area contributed by atoms with Crippen LogP contribution in [-0.4, -0.2) is 22.4 Å². The van der Waals surface area contributed by atoms with Gasteiger partial charge in [-0.15, -0.1) is 0 Å². The number of hydrogen-bond donors (Lipinski definition) is 1. The molecule has 1 N–H and O–H groups in total. The zero-order valence-corrected chi connectivity index (χ0v) is 16.3. The highest BCUT2D eigenvalue weighted by Gasteiger charge is 2.17. The molecule has 0 saturated carbocycles. The Labute approximate surface area is 163 Å². The van der Waals surface area contributed by atoms with Gasteiger partial charge in [0.2, 0.25) is 6.33 Å². The van der Waals surface area contributed by atoms with Crippen LogP contribution < -0.4 is 33.3 Å². The van der Waals surface area contributed by atoms with E-state index in [1.807, 2.05) is 18.5 Å². The summed E-state index contributed by atoms with van der Waals surface area (Å²) in [5.74, 6) is 0.703. The number of hydrogen-bond acceptors (Lipinski definition) is 2. The molecule has 0 aliphatic rings. The Morgan fingerprint density at radius 2 is 1.88 bits per heavy atom. The molecule has 24 heavy (non-hydrogen) atoms. The van der Waals surface area contributed by atoms with Crippen LogP contribution in [0, 0.1) is 0 Å². The second kappa shape index (κ2) is 8.69. The van der Waals surface area contributed by atoms with E-state index in [9.17, 15) is 5.11 Å². The zero-order chi connectivity index (χ0) is 16.2. The fraction of sp³-hybridized carbons (Fsp3) is 0.278. The quantitative estimate of drug-likeness (QED) is 0.419. The van der Waals surface area contributed by atoms with E-state index in [0.717, 1.165) is 12.1 Å². The van der Waals surface area contributed by atoms with Crippen molar-refractivity contribution in [1.82, 2.24) is 4.57 Å². The molecule has 0 radical (unpaired) electrons. The van der Waals surface area contributed by atoms with Gasteiger partial charge >= 0.3 is 0 Å². The molecular weight excluding hydrogens is 439 g/mol. The van der Waals surface area contributed by atoms with E-state index in [1.165, 1.54) is 5.52 Å². The van der Waals surface area contributed by atoms with Crippen LogP contribution in [0.1, 0.15) is 6.92 Å². The smallest absolute Gasteiger partial charge is 0.244 e. The van der Waals surface area contributed by atoms with Gasteiger partial charge in [-0.05, 0) is 43.3 Å². The van der Waals surface area contributed by atoms with Crippen molar-refractivity contribution in [2.45, 2.75) is 26.1 Å². The first-order valence-corrected chi connectivity index (χ1v) is 8.09. The molecule has 1 unspecified atom stereocenters. The highest BCUT2D eigenvalue weighted by Crippen LogP contribution is 2.16. The Balaban J connectivity index is 0.00000208. The SMILES string of the molecule is CCn1c[n+](CC(O)COc2ccc(Cl)cc2)c2ccccc21.[I-]. The predicted molar refractivity (Wildman–Crippen MR) is 90.8 cm³/mol. The van der Waals surface area contributed by atoms with Crippen molar-refractivity contribution in [1.29, 1.82) is 0 Å². The summed E-state index contributed by atoms with van der Waals surface area (Å²) in [4.78, 5) is 0. The highest BCUT2D eigenvalue weighted by atomic mass is 127. The minimum atomic E-state index is -0.591. The number of halogens is 2. The first-order chi connectivity index (χ1) is 11.2. The maximum Gasteiger partial charge on any atom is 0.244 e. The summed E-state index contributed by atoms with van der Waals surface area (Å²) in [6.07, 6.45) is 1.45. The first kappa shape index (κ1) is 19.0. The van der Waals surface area contributed by atoms with E-state index in [1.54, 1.807) is 24.3 Å². The summed E-state index contributed by atoms with van der Waals surface area (Å²) in [7, 11) is 0. The number of ether oxygens (including phenoxy) is 1. The third-order valence-corrected chi connectivity index (χ3v) is 4.04. The van der Waals surface area contributed by atoms with Crippen LogP contribution in [0.25, 0.3) is 11.0 Å². The summed E-state index contributed by atoms with van der Waals surface area (Å²) in [5.41, 5.74) is 2.28. The molecular formula is C18H20ClIN2O2. The molecule has 2 aromatic carbocycles. The molecule has 1 aromatic heterocycles. The zero-order valence-electron chi connectivity index (χ0n) is 13.4. The summed E-state index contributed by atoms with van der Waals surface area (Å²) < 4.78 is 9.84. The van der Waals surface area contributed by atoms with E-state index in [4.69, 9.17) is 16.3 Å². The summed E-state index contributed by atoms with van der Waals surface area (Å²) in [6, 6.07) is 15.3. The third kappa shape index (κ3) is 4.40. The number of rotatable bonds is 6. The Bertz CT molecular complexity index is 789. The molecule has 0 bridgehead atoms. The van der Waals surface area contributed by atoms with E-state index >= 15 is 0 Å². The lowest BCUT2D eigenvalue weighted by Gasteiger charge is -2.11. The average Bonchev–Trinajstić information content (AvgIpc) is 2.92. The van der Waals surface area contributed by atoms with Gasteiger partial charge in [-0.25, -0.2) is 9.13 Å². The topological polar surface area (TPSA) is 38.3 Å². The predicted octanol–water partition coefficient (Wildman–Crippen LogP) is 0.0460. The first-order valence-electron chi connectivity index (χ1n) is 7.71. The maximum atomic E-state index is 10.3. The minimum Gasteiger partial charge on any atom is -1.00 e. The number of aromatic nitrogens is 2. The van der Waals surface area contributed by atoms with Crippen molar-refractivity contribution >= 4 is 22.6 Å². The lowest BCUT2D eigenvalue weighted by atomic mass is 10.3. The van der Waals surface area contributed by atoms with E-state index in [2.05, 4.69) is 28.2 Å². The Morgan fingerprint density at radius 1 is 1.17 bits per heavy atom. The largest absolute Gasteiger partial charge is 1.00 e. The lowest BCUT2D eigenvalue weighted by molar-refractivity contribution is -0.679. The van der Waals surface area contributed by atoms with Gasteiger partial charge in [-0.1, -0.05) is 23.7 Å². The number of aliphatic hydroxyl groups is 1. The average molecular weight is 459 g/mol. The number of nitrogens with zero attached hydrogens (tertiary/aromatic N) is 2. The molecule has 3 aromatic rings. The summed E-state index contributed by atoms with van der Waals surface area (Å²) >= 11 is 5.84. The van der Waals surface area contributed by atoms with Crippen LogP contribution in [0.2, 0.25) is 5.02 Å². The number of aliphatic hydroxyl groups excluding tert-OH is 1. The van der Waals surface area contributed by atoms with Gasteiger partial charge in [-0.3, -0.25) is 0 Å². The fourth-order valence-electron chi connectivity index (χ4n) is 2.64. The molecule has 0 aliphatic carbocycles. The number of imidazole rings is 1. The van der Waals surface area contributed by atoms with Gasteiger partial charge in [0.1, 0.15) is 25.0 Å². The minimum absolute atomic E-state index is 0. The highest BCUT2D eigenvalue weighted by molar-refractivity contribution is 6.30. The van der Waals surface area contributed by atoms with Crippen molar-refractivity contribution in [2.24, 2.45) is 0 Å². The van der Waals surface area contributed by atoms with Crippen molar-refractivity contribution in [2.75, 3.05) is 6.61 Å². The molecule has 1 atom stereocenters. The standard InChI is InChI=1S/C18H20ClN2O2.HI/c1-2-20-13-21(18-6-4-3-5-17(18)20)11-15(22)12-23-16-9-7-14(19)8-10-16;/h3-10,13,15,22H,2,11-12H2,1H3;1H/q+1;/p-1. The fourth-order valence-corrected chi connectivity index (χ4v) is 2.77. The molecule has 0 amide bonds. The Kier molecular flexibility index (Phi) is 6.89. The monoisotopic (exact) mass is 458 g/mol. The van der Waals surface area contributed by atoms with E-state index < -0.39 is 6.10 Å². The van der Waals surface area contributed by atoms with Crippen LogP contribution in [-0.2, 0) is 13.1 Å². The van der Waals surface area contributed by atoms with Crippen LogP contribution >= 0.6 is 11.6 Å². The number of aryl methyl sites for hydroxylation is 1. The molecule has 3 rings (SSSR count). The Hall–Kier alpha value is -1.31. The van der Waals surface area contributed by atoms with Crippen molar-refractivity contribution in [3.63, 3.8) is 0 Å². The summed E-state index contributed by atoms with van der Waals surface area (Å²) in [6.45, 7) is 3.73. The van der Waals surface area contributed by atoms with Crippen LogP contribution in [0.4, 0.5) is 0 Å². The normalized spacial score (nSPS) is 12.0. The van der Waals surface area contributed by atoms with Gasteiger partial charge < -0.3 is 33.8 Å². The van der Waals surface area contributed by atoms with Gasteiger partial charge in [0.15, 0.2) is 11.0 Å². The van der Waals surface area contributed by atoms with E-state index in [0.29, 0.717) is 17.3 Å². The molecule has 1 heterocycles. The van der Waals surface area contributed by atoms with Gasteiger partial charge in [0.05, 0.1) is 6.54 Å². The van der Waals surface area contributed by atoms with Crippen molar-refractivity contribution in [3.05, 3.63) is 59.9 Å². The molecule has 0 fully saturated rings. The number of fused-ring (bicyclic) bond motifs is 1. The van der Waals surface area contributed by atoms with Crippen LogP contribution in [0.15, 0.2) is 54.9 Å². The summed E-state index contributed by atoms with van der Waals surface area (Å²) in [5, 5.41) is 10.9. The lowest BCUT2D eigenvalue weighted by Crippen LogP contribution is -3.00. The molecule has 4 nitrogen and oxygen atoms in total. The molecule has 0 aliphatic heterocycles. The van der Waals surface area contributed by atoms with Crippen LogP contribution in [0.5, 0.6) is 5.75 Å². The van der Waals surface area contributed by atoms with Gasteiger partial charge in [-0.2, -0.15) is 0 Å². The molecule has 0 saturated heterocycles. The second-order valence-electron chi connectivity index (χ2n) is 5.46. The van der Waals surface area contributed by atoms with Gasteiger partial charge in [0, 0.05) is 5.02 Å². The molecule has 128 valence electrons. The van der Waals surface area contributed by atoms with Crippen molar-refractivity contribution < 1.29 is 38.4 Å². The second-order valence-corrected chi connectivity index (χ2v) is 5.90. The molecule has 6 heteroatoms. The van der Waals surface area contributed by atoms with Gasteiger partial charge in [0.25, 0.3) is 0 Å². The molecule has 0 spiro atoms. The van der Waals surface area contributed by atoms with Crippen LogP contribution in [0.3, 0.4) is 0 Å².